The highest BCUT2D eigenvalue weighted by Gasteiger charge is 2.38. The second-order valence-corrected chi connectivity index (χ2v) is 16.6. The maximum Gasteiger partial charge on any atom is 0.227 e. The number of thioether (sulfide) groups is 1. The first-order chi connectivity index (χ1) is 29.2. The van der Waals surface area contributed by atoms with Crippen LogP contribution in [0.5, 0.6) is 0 Å². The Labute approximate surface area is 346 Å². The summed E-state index contributed by atoms with van der Waals surface area (Å²) in [5.41, 5.74) is 12.6. The lowest BCUT2D eigenvalue weighted by Gasteiger charge is -2.34. The van der Waals surface area contributed by atoms with Crippen molar-refractivity contribution in [1.29, 1.82) is 0 Å². The summed E-state index contributed by atoms with van der Waals surface area (Å²) in [7, 11) is 0. The number of oxazole rings is 1. The van der Waals surface area contributed by atoms with Gasteiger partial charge in [-0.15, -0.1) is 11.8 Å². The van der Waals surface area contributed by atoms with Crippen molar-refractivity contribution in [3.8, 4) is 33.7 Å². The van der Waals surface area contributed by atoms with E-state index in [2.05, 4.69) is 181 Å². The molecule has 0 bridgehead atoms. The number of rotatable bonds is 6. The molecule has 9 aromatic carbocycles. The number of allylic oxidation sites excluding steroid dienone is 3. The fraction of sp³-hybridized carbons (Fsp3) is 0.0364. The molecular weight excluding hydrogens is 737 g/mol. The van der Waals surface area contributed by atoms with Crippen molar-refractivity contribution in [2.45, 2.75) is 16.1 Å². The second kappa shape index (κ2) is 13.8. The Kier molecular flexibility index (Phi) is 7.92. The number of para-hydroxylation sites is 1. The van der Waals surface area contributed by atoms with Gasteiger partial charge in [-0.3, -0.25) is 0 Å². The smallest absolute Gasteiger partial charge is 0.227 e. The van der Waals surface area contributed by atoms with E-state index in [-0.39, 0.29) is 11.2 Å². The van der Waals surface area contributed by atoms with Crippen LogP contribution in [0.4, 0.5) is 11.4 Å². The van der Waals surface area contributed by atoms with Crippen LogP contribution in [0.15, 0.2) is 221 Å². The Balaban J connectivity index is 0.906. The fourth-order valence-electron chi connectivity index (χ4n) is 9.18. The van der Waals surface area contributed by atoms with Crippen LogP contribution >= 0.6 is 11.8 Å². The molecular formula is C55H36N2OS. The van der Waals surface area contributed by atoms with Gasteiger partial charge in [-0.1, -0.05) is 140 Å². The predicted octanol–water partition coefficient (Wildman–Crippen LogP) is 15.1. The molecule has 0 saturated carbocycles. The summed E-state index contributed by atoms with van der Waals surface area (Å²) >= 11 is 1.98. The van der Waals surface area contributed by atoms with Crippen molar-refractivity contribution < 1.29 is 4.42 Å². The number of nitrogens with zero attached hydrogens (tertiary/aromatic N) is 2. The minimum absolute atomic E-state index is 0.242. The zero-order valence-corrected chi connectivity index (χ0v) is 32.8. The minimum Gasteiger partial charge on any atom is -0.435 e. The van der Waals surface area contributed by atoms with Gasteiger partial charge < -0.3 is 9.32 Å². The standard InChI is InChI=1S/C55H36N2OS/c1-4-11-35(12-5-1)36-23-28-44(29-24-36)57(43-15-8-3-9-16-43)49-18-10-17-46-47-34-41(27-32-50(47)59-54(46)49)40-25-30-45-42(33-40)22-21-37-19-20-38-26-31-48-53(52(38)51(37)45)58-55(56-48)39-13-6-2-7-14-39/h1-34,46,54H. The highest BCUT2D eigenvalue weighted by atomic mass is 32.2. The summed E-state index contributed by atoms with van der Waals surface area (Å²) in [5.74, 6) is 0.899. The summed E-state index contributed by atoms with van der Waals surface area (Å²) in [6, 6.07) is 67.7. The van der Waals surface area contributed by atoms with E-state index in [1.54, 1.807) is 0 Å². The first-order valence-electron chi connectivity index (χ1n) is 20.2. The van der Waals surface area contributed by atoms with Gasteiger partial charge in [0.25, 0.3) is 0 Å². The normalized spacial score (nSPS) is 15.8. The molecule has 0 spiro atoms. The van der Waals surface area contributed by atoms with E-state index < -0.39 is 0 Å². The van der Waals surface area contributed by atoms with Crippen molar-refractivity contribution in [1.82, 2.24) is 4.98 Å². The first kappa shape index (κ1) is 33.9. The summed E-state index contributed by atoms with van der Waals surface area (Å²) in [4.78, 5) is 8.70. The van der Waals surface area contributed by atoms with Crippen LogP contribution in [0.2, 0.25) is 0 Å². The number of hydrogen-bond acceptors (Lipinski definition) is 4. The molecule has 0 saturated heterocycles. The topological polar surface area (TPSA) is 29.3 Å². The molecule has 2 heterocycles. The lowest BCUT2D eigenvalue weighted by atomic mass is 9.87. The average Bonchev–Trinajstić information content (AvgIpc) is 3.92. The molecule has 1 aromatic heterocycles. The van der Waals surface area contributed by atoms with E-state index in [0.717, 1.165) is 38.8 Å². The molecule has 2 atom stereocenters. The summed E-state index contributed by atoms with van der Waals surface area (Å²) in [6.07, 6.45) is 6.96. The predicted molar refractivity (Wildman–Crippen MR) is 247 cm³/mol. The van der Waals surface area contributed by atoms with Crippen LogP contribution in [-0.4, -0.2) is 10.2 Å². The molecule has 0 fully saturated rings. The van der Waals surface area contributed by atoms with Gasteiger partial charge in [0.05, 0.1) is 5.25 Å². The van der Waals surface area contributed by atoms with Crippen molar-refractivity contribution >= 4 is 66.6 Å². The van der Waals surface area contributed by atoms with Crippen LogP contribution in [0.1, 0.15) is 11.5 Å². The lowest BCUT2D eigenvalue weighted by molar-refractivity contribution is 0.623. The SMILES string of the molecule is C1=CC2c3cc(-c4ccc5c(ccc6ccc7ccc8nc(-c9ccccc9)oc8c7c65)c4)ccc3SC2C(N(c2ccccc2)c2ccc(-c3ccccc3)cc2)=C1. The van der Waals surface area contributed by atoms with Gasteiger partial charge in [0.1, 0.15) is 5.52 Å². The van der Waals surface area contributed by atoms with E-state index in [4.69, 9.17) is 9.40 Å². The lowest BCUT2D eigenvalue weighted by Crippen LogP contribution is -2.27. The highest BCUT2D eigenvalue weighted by Crippen LogP contribution is 2.53. The first-order valence-corrected chi connectivity index (χ1v) is 21.1. The highest BCUT2D eigenvalue weighted by molar-refractivity contribution is 8.00. The van der Waals surface area contributed by atoms with E-state index in [1.807, 2.05) is 42.1 Å². The van der Waals surface area contributed by atoms with Gasteiger partial charge in [-0.05, 0) is 116 Å². The molecule has 2 unspecified atom stereocenters. The molecule has 278 valence electrons. The van der Waals surface area contributed by atoms with E-state index in [0.29, 0.717) is 5.89 Å². The number of aromatic nitrogens is 1. The van der Waals surface area contributed by atoms with Crippen molar-refractivity contribution in [2.24, 2.45) is 0 Å². The number of hydrogen-bond donors (Lipinski definition) is 0. The number of fused-ring (bicyclic) bond motifs is 10. The molecule has 4 heteroatoms. The molecule has 2 aliphatic rings. The molecule has 10 aromatic rings. The third-order valence-electron chi connectivity index (χ3n) is 12.0. The Morgan fingerprint density at radius 2 is 1.12 bits per heavy atom. The van der Waals surface area contributed by atoms with E-state index >= 15 is 0 Å². The number of anilines is 2. The molecule has 0 amide bonds. The van der Waals surface area contributed by atoms with Gasteiger partial charge in [-0.25, -0.2) is 4.98 Å². The van der Waals surface area contributed by atoms with E-state index in [9.17, 15) is 0 Å². The maximum absolute atomic E-state index is 6.57. The summed E-state index contributed by atoms with van der Waals surface area (Å²) < 4.78 is 6.57. The van der Waals surface area contributed by atoms with Crippen molar-refractivity contribution in [3.63, 3.8) is 0 Å². The van der Waals surface area contributed by atoms with Crippen LogP contribution in [0.3, 0.4) is 0 Å². The fourth-order valence-corrected chi connectivity index (χ4v) is 10.6. The van der Waals surface area contributed by atoms with Gasteiger partial charge in [-0.2, -0.15) is 0 Å². The maximum atomic E-state index is 6.57. The Morgan fingerprint density at radius 1 is 0.508 bits per heavy atom. The molecule has 3 nitrogen and oxygen atoms in total. The largest absolute Gasteiger partial charge is 0.435 e. The Hall–Kier alpha value is -7.14. The minimum atomic E-state index is 0.242. The van der Waals surface area contributed by atoms with Gasteiger partial charge in [0.15, 0.2) is 5.58 Å². The van der Waals surface area contributed by atoms with Crippen LogP contribution in [0, 0.1) is 0 Å². The van der Waals surface area contributed by atoms with E-state index in [1.165, 1.54) is 60.0 Å². The number of benzene rings is 9. The molecule has 0 radical (unpaired) electrons. The third kappa shape index (κ3) is 5.71. The van der Waals surface area contributed by atoms with Gasteiger partial charge >= 0.3 is 0 Å². The second-order valence-electron chi connectivity index (χ2n) is 15.4. The Morgan fingerprint density at radius 3 is 1.90 bits per heavy atom. The molecule has 59 heavy (non-hydrogen) atoms. The zero-order valence-electron chi connectivity index (χ0n) is 32.0. The molecule has 1 aliphatic carbocycles. The summed E-state index contributed by atoms with van der Waals surface area (Å²) in [5, 5.41) is 7.30. The Bertz CT molecular complexity index is 3300. The zero-order chi connectivity index (χ0) is 38.9. The van der Waals surface area contributed by atoms with Crippen LogP contribution in [-0.2, 0) is 0 Å². The molecule has 0 N–H and O–H groups in total. The quantitative estimate of drug-likeness (QED) is 0.157. The van der Waals surface area contributed by atoms with Gasteiger partial charge in [0, 0.05) is 44.2 Å². The third-order valence-corrected chi connectivity index (χ3v) is 13.4. The van der Waals surface area contributed by atoms with Crippen molar-refractivity contribution in [3.05, 3.63) is 218 Å². The van der Waals surface area contributed by atoms with Crippen LogP contribution < -0.4 is 4.90 Å². The molecule has 12 rings (SSSR count). The van der Waals surface area contributed by atoms with Crippen molar-refractivity contribution in [2.75, 3.05) is 4.90 Å². The molecule has 1 aliphatic heterocycles. The summed E-state index contributed by atoms with van der Waals surface area (Å²) in [6.45, 7) is 0. The van der Waals surface area contributed by atoms with Crippen LogP contribution in [0.25, 0.3) is 77.1 Å². The van der Waals surface area contributed by atoms with Gasteiger partial charge in [0.2, 0.25) is 5.89 Å². The monoisotopic (exact) mass is 772 g/mol. The average molecular weight is 773 g/mol.